The van der Waals surface area contributed by atoms with Crippen molar-refractivity contribution in [2.45, 2.75) is 13.8 Å². The van der Waals surface area contributed by atoms with Crippen molar-refractivity contribution in [1.29, 1.82) is 0 Å². The highest BCUT2D eigenvalue weighted by Gasteiger charge is 2.10. The number of hydrogen-bond acceptors (Lipinski definition) is 2. The lowest BCUT2D eigenvalue weighted by molar-refractivity contribution is 0.865. The Morgan fingerprint density at radius 1 is 1.40 bits per heavy atom. The molecule has 2 N–H and O–H groups in total. The van der Waals surface area contributed by atoms with Crippen LogP contribution < -0.4 is 10.6 Å². The van der Waals surface area contributed by atoms with E-state index in [0.29, 0.717) is 4.99 Å². The number of thiocarbonyl (C=S) groups is 1. The first-order valence-corrected chi connectivity index (χ1v) is 6.14. The van der Waals surface area contributed by atoms with Gasteiger partial charge in [0.2, 0.25) is 0 Å². The van der Waals surface area contributed by atoms with E-state index in [4.69, 9.17) is 18.0 Å². The molecule has 0 atom stereocenters. The van der Waals surface area contributed by atoms with E-state index in [1.807, 2.05) is 12.1 Å². The highest BCUT2D eigenvalue weighted by molar-refractivity contribution is 9.10. The molecule has 0 fully saturated rings. The molecule has 0 unspecified atom stereocenters. The van der Waals surface area contributed by atoms with E-state index in [1.54, 1.807) is 0 Å². The molecule has 0 spiro atoms. The summed E-state index contributed by atoms with van der Waals surface area (Å²) >= 11 is 8.51. The third-order valence-electron chi connectivity index (χ3n) is 2.33. The Balaban J connectivity index is 3.22. The van der Waals surface area contributed by atoms with Crippen LogP contribution in [0.15, 0.2) is 22.7 Å². The predicted octanol–water partition coefficient (Wildman–Crippen LogP) is 2.93. The minimum absolute atomic E-state index is 0.449. The van der Waals surface area contributed by atoms with E-state index in [2.05, 4.69) is 40.7 Å². The van der Waals surface area contributed by atoms with Crippen molar-refractivity contribution >= 4 is 38.8 Å². The van der Waals surface area contributed by atoms with Gasteiger partial charge < -0.3 is 10.6 Å². The smallest absolute Gasteiger partial charge is 0.106 e. The van der Waals surface area contributed by atoms with Gasteiger partial charge in [-0.1, -0.05) is 28.1 Å². The van der Waals surface area contributed by atoms with Gasteiger partial charge in [-0.05, 0) is 32.0 Å². The SMILES string of the molecule is CCN(CC)c1cc(Br)ccc1C(N)=S. The van der Waals surface area contributed by atoms with Crippen LogP contribution in [0, 0.1) is 0 Å². The summed E-state index contributed by atoms with van der Waals surface area (Å²) in [5.74, 6) is 0. The third-order valence-corrected chi connectivity index (χ3v) is 3.04. The van der Waals surface area contributed by atoms with Crippen LogP contribution in [0.1, 0.15) is 19.4 Å². The molecule has 0 aliphatic heterocycles. The lowest BCUT2D eigenvalue weighted by Gasteiger charge is -2.24. The number of nitrogens with two attached hydrogens (primary N) is 1. The van der Waals surface area contributed by atoms with Crippen LogP contribution in [-0.4, -0.2) is 18.1 Å². The Bertz CT molecular complexity index is 362. The van der Waals surface area contributed by atoms with Gasteiger partial charge in [0.25, 0.3) is 0 Å². The molecular weight excluding hydrogens is 272 g/mol. The van der Waals surface area contributed by atoms with Crippen molar-refractivity contribution in [3.05, 3.63) is 28.2 Å². The van der Waals surface area contributed by atoms with Crippen LogP contribution in [0.4, 0.5) is 5.69 Å². The number of nitrogens with zero attached hydrogens (tertiary/aromatic N) is 1. The van der Waals surface area contributed by atoms with Crippen molar-refractivity contribution in [2.75, 3.05) is 18.0 Å². The van der Waals surface area contributed by atoms with Crippen LogP contribution in [0.3, 0.4) is 0 Å². The van der Waals surface area contributed by atoms with E-state index in [9.17, 15) is 0 Å². The summed E-state index contributed by atoms with van der Waals surface area (Å²) in [6.45, 7) is 6.13. The van der Waals surface area contributed by atoms with Crippen molar-refractivity contribution in [3.63, 3.8) is 0 Å². The third kappa shape index (κ3) is 2.92. The number of rotatable bonds is 4. The standard InChI is InChI=1S/C11H15BrN2S/c1-3-14(4-2)10-7-8(12)5-6-9(10)11(13)15/h5-7H,3-4H2,1-2H3,(H2,13,15). The zero-order valence-corrected chi connectivity index (χ0v) is 11.4. The largest absolute Gasteiger partial charge is 0.389 e. The van der Waals surface area contributed by atoms with Gasteiger partial charge in [-0.3, -0.25) is 0 Å². The average Bonchev–Trinajstić information content (AvgIpc) is 2.19. The second kappa shape index (κ2) is 5.47. The molecule has 0 aliphatic carbocycles. The Morgan fingerprint density at radius 2 is 2.00 bits per heavy atom. The molecule has 0 saturated heterocycles. The molecule has 15 heavy (non-hydrogen) atoms. The minimum Gasteiger partial charge on any atom is -0.389 e. The molecule has 2 nitrogen and oxygen atoms in total. The molecule has 0 radical (unpaired) electrons. The first-order chi connectivity index (χ1) is 7.10. The van der Waals surface area contributed by atoms with Gasteiger partial charge in [0.1, 0.15) is 4.99 Å². The van der Waals surface area contributed by atoms with Crippen LogP contribution in [-0.2, 0) is 0 Å². The molecule has 0 bridgehead atoms. The fourth-order valence-corrected chi connectivity index (χ4v) is 2.06. The monoisotopic (exact) mass is 286 g/mol. The van der Waals surface area contributed by atoms with Gasteiger partial charge in [0, 0.05) is 28.8 Å². The van der Waals surface area contributed by atoms with Crippen molar-refractivity contribution in [2.24, 2.45) is 5.73 Å². The molecule has 1 aromatic rings. The van der Waals surface area contributed by atoms with Gasteiger partial charge in [-0.25, -0.2) is 0 Å². The summed E-state index contributed by atoms with van der Waals surface area (Å²) in [6, 6.07) is 5.98. The molecular formula is C11H15BrN2S. The molecule has 0 saturated carbocycles. The molecule has 0 aliphatic rings. The maximum Gasteiger partial charge on any atom is 0.106 e. The number of benzene rings is 1. The summed E-state index contributed by atoms with van der Waals surface area (Å²) in [5.41, 5.74) is 7.74. The second-order valence-electron chi connectivity index (χ2n) is 3.20. The van der Waals surface area contributed by atoms with Crippen LogP contribution in [0.2, 0.25) is 0 Å². The fraction of sp³-hybridized carbons (Fsp3) is 0.364. The first kappa shape index (κ1) is 12.5. The van der Waals surface area contributed by atoms with E-state index in [-0.39, 0.29) is 0 Å². The molecule has 1 rings (SSSR count). The molecule has 82 valence electrons. The van der Waals surface area contributed by atoms with Gasteiger partial charge in [-0.15, -0.1) is 0 Å². The highest BCUT2D eigenvalue weighted by Crippen LogP contribution is 2.25. The van der Waals surface area contributed by atoms with Crippen molar-refractivity contribution in [1.82, 2.24) is 0 Å². The van der Waals surface area contributed by atoms with Crippen LogP contribution >= 0.6 is 28.1 Å². The van der Waals surface area contributed by atoms with E-state index < -0.39 is 0 Å². The lowest BCUT2D eigenvalue weighted by Crippen LogP contribution is -2.25. The molecule has 1 aromatic carbocycles. The Kier molecular flexibility index (Phi) is 4.54. The molecule has 0 aromatic heterocycles. The van der Waals surface area contributed by atoms with Crippen LogP contribution in [0.5, 0.6) is 0 Å². The zero-order chi connectivity index (χ0) is 11.4. The summed E-state index contributed by atoms with van der Waals surface area (Å²) in [4.78, 5) is 2.68. The second-order valence-corrected chi connectivity index (χ2v) is 4.55. The fourth-order valence-electron chi connectivity index (χ4n) is 1.54. The van der Waals surface area contributed by atoms with E-state index in [0.717, 1.165) is 28.8 Å². The first-order valence-electron chi connectivity index (χ1n) is 4.94. The Labute approximate surface area is 105 Å². The minimum atomic E-state index is 0.449. The summed E-state index contributed by atoms with van der Waals surface area (Å²) in [7, 11) is 0. The normalized spacial score (nSPS) is 10.1. The zero-order valence-electron chi connectivity index (χ0n) is 8.96. The lowest BCUT2D eigenvalue weighted by atomic mass is 10.1. The Hall–Kier alpha value is -0.610. The van der Waals surface area contributed by atoms with Crippen molar-refractivity contribution < 1.29 is 0 Å². The maximum atomic E-state index is 5.70. The Morgan fingerprint density at radius 3 is 2.47 bits per heavy atom. The summed E-state index contributed by atoms with van der Waals surface area (Å²) in [5, 5.41) is 0. The molecule has 4 heteroatoms. The van der Waals surface area contributed by atoms with Gasteiger partial charge in [-0.2, -0.15) is 0 Å². The highest BCUT2D eigenvalue weighted by atomic mass is 79.9. The predicted molar refractivity (Wildman–Crippen MR) is 73.6 cm³/mol. The number of anilines is 1. The van der Waals surface area contributed by atoms with Gasteiger partial charge >= 0.3 is 0 Å². The van der Waals surface area contributed by atoms with Gasteiger partial charge in [0.15, 0.2) is 0 Å². The topological polar surface area (TPSA) is 29.3 Å². The average molecular weight is 287 g/mol. The maximum absolute atomic E-state index is 5.70. The summed E-state index contributed by atoms with van der Waals surface area (Å²) in [6.07, 6.45) is 0. The molecule has 0 amide bonds. The van der Waals surface area contributed by atoms with Crippen LogP contribution in [0.25, 0.3) is 0 Å². The molecule has 0 heterocycles. The number of halogens is 1. The van der Waals surface area contributed by atoms with Crippen molar-refractivity contribution in [3.8, 4) is 0 Å². The quantitative estimate of drug-likeness (QED) is 0.863. The van der Waals surface area contributed by atoms with E-state index in [1.165, 1.54) is 0 Å². The summed E-state index contributed by atoms with van der Waals surface area (Å²) < 4.78 is 1.05. The van der Waals surface area contributed by atoms with Gasteiger partial charge in [0.05, 0.1) is 0 Å². The number of hydrogen-bond donors (Lipinski definition) is 1. The van der Waals surface area contributed by atoms with E-state index >= 15 is 0 Å².